The molecule has 3 rings (SSSR count). The predicted molar refractivity (Wildman–Crippen MR) is 67.9 cm³/mol. The molecule has 3 aromatic rings. The van der Waals surface area contributed by atoms with Crippen LogP contribution < -0.4 is 0 Å². The van der Waals surface area contributed by atoms with Crippen LogP contribution in [0.1, 0.15) is 11.4 Å². The number of nitriles is 1. The topological polar surface area (TPSA) is 54.0 Å². The van der Waals surface area contributed by atoms with Gasteiger partial charge in [-0.1, -0.05) is 30.3 Å². The fourth-order valence-corrected chi connectivity index (χ4v) is 1.96. The molecule has 0 saturated carbocycles. The third kappa shape index (κ3) is 1.54. The van der Waals surface area contributed by atoms with Crippen LogP contribution in [0.2, 0.25) is 0 Å². The summed E-state index contributed by atoms with van der Waals surface area (Å²) in [6, 6.07) is 11.9. The van der Waals surface area contributed by atoms with Crippen molar-refractivity contribution >= 4 is 5.65 Å². The summed E-state index contributed by atoms with van der Waals surface area (Å²) in [5, 5.41) is 9.33. The van der Waals surface area contributed by atoms with Crippen molar-refractivity contribution < 1.29 is 0 Å². The van der Waals surface area contributed by atoms with Crippen LogP contribution in [0.25, 0.3) is 16.9 Å². The Morgan fingerprint density at radius 1 is 1.22 bits per heavy atom. The van der Waals surface area contributed by atoms with Crippen molar-refractivity contribution in [3.63, 3.8) is 0 Å². The molecule has 0 aliphatic carbocycles. The number of aryl methyl sites for hydroxylation is 1. The molecule has 18 heavy (non-hydrogen) atoms. The molecule has 0 unspecified atom stereocenters. The first kappa shape index (κ1) is 10.5. The van der Waals surface area contributed by atoms with Crippen LogP contribution in [-0.4, -0.2) is 14.4 Å². The fourth-order valence-electron chi connectivity index (χ4n) is 1.96. The molecule has 1 aromatic carbocycles. The van der Waals surface area contributed by atoms with E-state index in [1.807, 2.05) is 43.5 Å². The molecule has 86 valence electrons. The molecule has 0 bridgehead atoms. The maximum Gasteiger partial charge on any atom is 0.157 e. The van der Waals surface area contributed by atoms with Gasteiger partial charge in [-0.2, -0.15) is 5.26 Å². The first-order chi connectivity index (χ1) is 8.79. The summed E-state index contributed by atoms with van der Waals surface area (Å²) in [5.74, 6) is 0. The Morgan fingerprint density at radius 3 is 2.72 bits per heavy atom. The smallest absolute Gasteiger partial charge is 0.157 e. The van der Waals surface area contributed by atoms with Gasteiger partial charge in [0.25, 0.3) is 0 Å². The third-order valence-electron chi connectivity index (χ3n) is 2.79. The van der Waals surface area contributed by atoms with E-state index < -0.39 is 0 Å². The largest absolute Gasteiger partial charge is 0.288 e. The zero-order valence-corrected chi connectivity index (χ0v) is 9.83. The standard InChI is InChI=1S/C14H10N4/c1-10-9-18-12(7-15)14(17-13(18)8-16-10)11-5-3-2-4-6-11/h2-6,8-9H,1H3. The van der Waals surface area contributed by atoms with E-state index in [1.165, 1.54) is 0 Å². The zero-order chi connectivity index (χ0) is 12.5. The summed E-state index contributed by atoms with van der Waals surface area (Å²) >= 11 is 0. The van der Waals surface area contributed by atoms with Crippen LogP contribution in [0.4, 0.5) is 0 Å². The lowest BCUT2D eigenvalue weighted by atomic mass is 10.1. The van der Waals surface area contributed by atoms with Gasteiger partial charge in [0.1, 0.15) is 11.8 Å². The second kappa shape index (κ2) is 3.97. The minimum Gasteiger partial charge on any atom is -0.288 e. The fraction of sp³-hybridized carbons (Fsp3) is 0.0714. The Bertz CT molecular complexity index is 751. The van der Waals surface area contributed by atoms with E-state index in [2.05, 4.69) is 16.0 Å². The maximum absolute atomic E-state index is 9.33. The van der Waals surface area contributed by atoms with Crippen molar-refractivity contribution in [3.05, 3.63) is 54.1 Å². The van der Waals surface area contributed by atoms with Crippen LogP contribution in [0.3, 0.4) is 0 Å². The average Bonchev–Trinajstić information content (AvgIpc) is 2.77. The molecular formula is C14H10N4. The van der Waals surface area contributed by atoms with Gasteiger partial charge in [-0.15, -0.1) is 0 Å². The van der Waals surface area contributed by atoms with E-state index >= 15 is 0 Å². The van der Waals surface area contributed by atoms with E-state index in [4.69, 9.17) is 0 Å². The lowest BCUT2D eigenvalue weighted by Crippen LogP contribution is -1.92. The number of aromatic nitrogens is 3. The molecule has 4 nitrogen and oxygen atoms in total. The van der Waals surface area contributed by atoms with Crippen molar-refractivity contribution in [1.29, 1.82) is 5.26 Å². The van der Waals surface area contributed by atoms with Gasteiger partial charge in [-0.3, -0.25) is 9.38 Å². The van der Waals surface area contributed by atoms with E-state index in [-0.39, 0.29) is 0 Å². The summed E-state index contributed by atoms with van der Waals surface area (Å²) < 4.78 is 1.78. The molecule has 0 amide bonds. The summed E-state index contributed by atoms with van der Waals surface area (Å²) in [6.45, 7) is 1.89. The molecule has 0 fully saturated rings. The highest BCUT2D eigenvalue weighted by Gasteiger charge is 2.13. The molecule has 0 aliphatic heterocycles. The first-order valence-corrected chi connectivity index (χ1v) is 5.60. The Hall–Kier alpha value is -2.67. The van der Waals surface area contributed by atoms with Gasteiger partial charge in [-0.25, -0.2) is 4.98 Å². The molecule has 2 heterocycles. The SMILES string of the molecule is Cc1cn2c(C#N)c(-c3ccccc3)nc2cn1. The zero-order valence-electron chi connectivity index (χ0n) is 9.83. The van der Waals surface area contributed by atoms with Crippen molar-refractivity contribution in [2.75, 3.05) is 0 Å². The Kier molecular flexibility index (Phi) is 2.31. The minimum atomic E-state index is 0.543. The molecule has 0 atom stereocenters. The van der Waals surface area contributed by atoms with Gasteiger partial charge in [0.05, 0.1) is 11.9 Å². The number of hydrogen-bond donors (Lipinski definition) is 0. The van der Waals surface area contributed by atoms with Gasteiger partial charge < -0.3 is 0 Å². The molecule has 0 aliphatic rings. The van der Waals surface area contributed by atoms with E-state index in [0.29, 0.717) is 17.0 Å². The molecule has 0 saturated heterocycles. The highest BCUT2D eigenvalue weighted by molar-refractivity contribution is 5.69. The van der Waals surface area contributed by atoms with Gasteiger partial charge in [-0.05, 0) is 6.92 Å². The first-order valence-electron chi connectivity index (χ1n) is 5.60. The number of fused-ring (bicyclic) bond motifs is 1. The molecule has 0 spiro atoms. The summed E-state index contributed by atoms with van der Waals surface area (Å²) in [7, 11) is 0. The Labute approximate surface area is 104 Å². The van der Waals surface area contributed by atoms with Gasteiger partial charge in [0.15, 0.2) is 11.3 Å². The summed E-state index contributed by atoms with van der Waals surface area (Å²) in [6.07, 6.45) is 3.51. The van der Waals surface area contributed by atoms with Crippen molar-refractivity contribution in [3.8, 4) is 17.3 Å². The molecule has 4 heteroatoms. The van der Waals surface area contributed by atoms with Crippen LogP contribution in [-0.2, 0) is 0 Å². The lowest BCUT2D eigenvalue weighted by molar-refractivity contribution is 1.06. The molecule has 0 N–H and O–H groups in total. The highest BCUT2D eigenvalue weighted by Crippen LogP contribution is 2.23. The molecule has 2 aromatic heterocycles. The monoisotopic (exact) mass is 234 g/mol. The number of hydrogen-bond acceptors (Lipinski definition) is 3. The van der Waals surface area contributed by atoms with Crippen LogP contribution in [0, 0.1) is 18.3 Å². The van der Waals surface area contributed by atoms with Crippen molar-refractivity contribution in [2.24, 2.45) is 0 Å². The number of benzene rings is 1. The third-order valence-corrected chi connectivity index (χ3v) is 2.79. The predicted octanol–water partition coefficient (Wildman–Crippen LogP) is 2.58. The maximum atomic E-state index is 9.33. The van der Waals surface area contributed by atoms with E-state index in [0.717, 1.165) is 11.3 Å². The molecular weight excluding hydrogens is 224 g/mol. The van der Waals surface area contributed by atoms with Gasteiger partial charge in [0, 0.05) is 11.8 Å². The van der Waals surface area contributed by atoms with E-state index in [1.54, 1.807) is 10.6 Å². The second-order valence-electron chi connectivity index (χ2n) is 4.04. The number of rotatable bonds is 1. The molecule has 0 radical (unpaired) electrons. The normalized spacial score (nSPS) is 10.4. The second-order valence-corrected chi connectivity index (χ2v) is 4.04. The van der Waals surface area contributed by atoms with Crippen LogP contribution in [0.15, 0.2) is 42.7 Å². The number of nitrogens with zero attached hydrogens (tertiary/aromatic N) is 4. The average molecular weight is 234 g/mol. The van der Waals surface area contributed by atoms with Crippen molar-refractivity contribution in [2.45, 2.75) is 6.92 Å². The van der Waals surface area contributed by atoms with Gasteiger partial charge >= 0.3 is 0 Å². The van der Waals surface area contributed by atoms with Gasteiger partial charge in [0.2, 0.25) is 0 Å². The van der Waals surface area contributed by atoms with Crippen molar-refractivity contribution in [1.82, 2.24) is 14.4 Å². The highest BCUT2D eigenvalue weighted by atomic mass is 15.0. The lowest BCUT2D eigenvalue weighted by Gasteiger charge is -1.97. The quantitative estimate of drug-likeness (QED) is 0.650. The van der Waals surface area contributed by atoms with Crippen LogP contribution >= 0.6 is 0 Å². The Morgan fingerprint density at radius 2 is 2.00 bits per heavy atom. The number of imidazole rings is 1. The summed E-state index contributed by atoms with van der Waals surface area (Å²) in [5.41, 5.74) is 3.73. The van der Waals surface area contributed by atoms with E-state index in [9.17, 15) is 5.26 Å². The Balaban J connectivity index is 2.34. The summed E-state index contributed by atoms with van der Waals surface area (Å²) in [4.78, 5) is 8.67. The van der Waals surface area contributed by atoms with Crippen LogP contribution in [0.5, 0.6) is 0 Å². The minimum absolute atomic E-state index is 0.543.